The molecule has 0 radical (unpaired) electrons. The molecule has 1 aliphatic heterocycles. The van der Waals surface area contributed by atoms with Gasteiger partial charge in [-0.3, -0.25) is 19.9 Å². The maximum Gasteiger partial charge on any atom is 0.271 e. The molecule has 4 rings (SSSR count). The fourth-order valence-electron chi connectivity index (χ4n) is 3.19. The summed E-state index contributed by atoms with van der Waals surface area (Å²) in [6, 6.07) is 19.0. The smallest absolute Gasteiger partial charge is 0.271 e. The number of aryl methyl sites for hydroxylation is 1. The van der Waals surface area contributed by atoms with E-state index in [0.29, 0.717) is 37.6 Å². The van der Waals surface area contributed by atoms with E-state index in [1.807, 2.05) is 19.1 Å². The molecule has 9 heteroatoms. The number of carbonyl (C=O) groups is 2. The number of rotatable bonds is 6. The minimum absolute atomic E-state index is 0.104. The van der Waals surface area contributed by atoms with E-state index in [4.69, 9.17) is 33.3 Å². The molecule has 0 aliphatic carbocycles. The molecule has 0 aromatic heterocycles. The second kappa shape index (κ2) is 10.3. The first-order chi connectivity index (χ1) is 16.3. The Labute approximate surface area is 211 Å². The van der Waals surface area contributed by atoms with Crippen LogP contribution in [0.4, 0.5) is 11.4 Å². The van der Waals surface area contributed by atoms with Crippen LogP contribution in [0.25, 0.3) is 6.08 Å². The number of ether oxygens (including phenoxy) is 1. The zero-order valence-corrected chi connectivity index (χ0v) is 20.3. The highest BCUT2D eigenvalue weighted by Crippen LogP contribution is 2.37. The van der Waals surface area contributed by atoms with Crippen molar-refractivity contribution < 1.29 is 14.3 Å². The van der Waals surface area contributed by atoms with Crippen LogP contribution in [0.2, 0.25) is 10.0 Å². The van der Waals surface area contributed by atoms with E-state index in [-0.39, 0.29) is 23.6 Å². The summed E-state index contributed by atoms with van der Waals surface area (Å²) < 4.78 is 5.72. The second-order valence-electron chi connectivity index (χ2n) is 7.42. The zero-order chi connectivity index (χ0) is 24.2. The number of hydrogen-bond acceptors (Lipinski definition) is 5. The molecule has 1 fully saturated rings. The van der Waals surface area contributed by atoms with Gasteiger partial charge in [-0.05, 0) is 79.4 Å². The van der Waals surface area contributed by atoms with Crippen LogP contribution in [0.1, 0.15) is 11.1 Å². The van der Waals surface area contributed by atoms with Crippen molar-refractivity contribution in [2.75, 3.05) is 16.8 Å². The van der Waals surface area contributed by atoms with E-state index in [9.17, 15) is 9.59 Å². The molecule has 0 atom stereocenters. The molecule has 2 amide bonds. The van der Waals surface area contributed by atoms with Gasteiger partial charge in [-0.2, -0.15) is 0 Å². The Kier molecular flexibility index (Phi) is 7.26. The molecule has 1 saturated heterocycles. The molecular formula is C25H19Cl2N3O3S. The maximum atomic E-state index is 13.0. The fourth-order valence-corrected chi connectivity index (χ4v) is 4.35. The first kappa shape index (κ1) is 23.9. The Morgan fingerprint density at radius 2 is 1.74 bits per heavy atom. The summed E-state index contributed by atoms with van der Waals surface area (Å²) in [7, 11) is 0. The van der Waals surface area contributed by atoms with E-state index >= 15 is 0 Å². The van der Waals surface area contributed by atoms with Gasteiger partial charge < -0.3 is 10.1 Å². The number of anilines is 2. The average Bonchev–Trinajstić information content (AvgIpc) is 3.08. The molecule has 1 aliphatic rings. The number of benzene rings is 3. The van der Waals surface area contributed by atoms with Gasteiger partial charge in [0.1, 0.15) is 5.75 Å². The van der Waals surface area contributed by atoms with E-state index < -0.39 is 0 Å². The molecule has 2 N–H and O–H groups in total. The Morgan fingerprint density at radius 1 is 1.06 bits per heavy atom. The SMILES string of the molecule is Cc1ccc(N2C(=N)S/C(=C\c3cc(Cl)ccc3OCC(=O)Nc3ccc(Cl)cc3)C2=O)cc1. The standard InChI is InChI=1S/C25H19Cl2N3O3S/c1-15-2-9-20(10-3-15)30-24(32)22(34-25(30)28)13-16-12-18(27)6-11-21(16)33-14-23(31)29-19-7-4-17(26)5-8-19/h2-13,28H,14H2,1H3,(H,29,31)/b22-13-,28-25?. The van der Waals surface area contributed by atoms with Gasteiger partial charge in [0.25, 0.3) is 11.8 Å². The van der Waals surface area contributed by atoms with Crippen LogP contribution in [0.15, 0.2) is 71.6 Å². The third-order valence-electron chi connectivity index (χ3n) is 4.86. The Bertz CT molecular complexity index is 1290. The van der Waals surface area contributed by atoms with Gasteiger partial charge >= 0.3 is 0 Å². The molecule has 3 aromatic carbocycles. The van der Waals surface area contributed by atoms with Gasteiger partial charge in [0.05, 0.1) is 10.6 Å². The highest BCUT2D eigenvalue weighted by Gasteiger charge is 2.33. The lowest BCUT2D eigenvalue weighted by Crippen LogP contribution is -2.28. The van der Waals surface area contributed by atoms with Gasteiger partial charge in [0, 0.05) is 21.3 Å². The van der Waals surface area contributed by atoms with Gasteiger partial charge in [-0.1, -0.05) is 40.9 Å². The summed E-state index contributed by atoms with van der Waals surface area (Å²) in [6.45, 7) is 1.71. The predicted molar refractivity (Wildman–Crippen MR) is 139 cm³/mol. The minimum atomic E-state index is -0.352. The molecule has 0 saturated carbocycles. The first-order valence-corrected chi connectivity index (χ1v) is 11.7. The van der Waals surface area contributed by atoms with Crippen molar-refractivity contribution in [2.45, 2.75) is 6.92 Å². The molecule has 0 spiro atoms. The van der Waals surface area contributed by atoms with E-state index in [1.54, 1.807) is 60.7 Å². The van der Waals surface area contributed by atoms with E-state index in [2.05, 4.69) is 5.32 Å². The molecular weight excluding hydrogens is 493 g/mol. The number of carbonyl (C=O) groups excluding carboxylic acids is 2. The minimum Gasteiger partial charge on any atom is -0.483 e. The summed E-state index contributed by atoms with van der Waals surface area (Å²) in [6.07, 6.45) is 1.62. The van der Waals surface area contributed by atoms with Crippen LogP contribution >= 0.6 is 35.0 Å². The number of nitrogens with one attached hydrogen (secondary N) is 2. The van der Waals surface area contributed by atoms with E-state index in [0.717, 1.165) is 17.3 Å². The summed E-state index contributed by atoms with van der Waals surface area (Å²) in [5, 5.41) is 12.1. The Morgan fingerprint density at radius 3 is 2.44 bits per heavy atom. The van der Waals surface area contributed by atoms with Crippen molar-refractivity contribution in [3.8, 4) is 5.75 Å². The first-order valence-electron chi connectivity index (χ1n) is 10.2. The third kappa shape index (κ3) is 5.62. The number of amidine groups is 1. The number of nitrogens with zero attached hydrogens (tertiary/aromatic N) is 1. The molecule has 0 bridgehead atoms. The summed E-state index contributed by atoms with van der Waals surface area (Å²) in [5.41, 5.74) is 2.81. The van der Waals surface area contributed by atoms with Crippen LogP contribution in [0, 0.1) is 12.3 Å². The van der Waals surface area contributed by atoms with E-state index in [1.165, 1.54) is 4.90 Å². The fraction of sp³-hybridized carbons (Fsp3) is 0.0800. The quantitative estimate of drug-likeness (QED) is 0.376. The van der Waals surface area contributed by atoms with Gasteiger partial charge in [0.15, 0.2) is 11.8 Å². The van der Waals surface area contributed by atoms with Crippen LogP contribution in [0.3, 0.4) is 0 Å². The van der Waals surface area contributed by atoms with Crippen LogP contribution in [-0.4, -0.2) is 23.6 Å². The number of amides is 2. The lowest BCUT2D eigenvalue weighted by Gasteiger charge is -2.14. The molecule has 172 valence electrons. The molecule has 3 aromatic rings. The van der Waals surface area contributed by atoms with Crippen LogP contribution in [0.5, 0.6) is 5.75 Å². The Hall–Kier alpha value is -3.26. The zero-order valence-electron chi connectivity index (χ0n) is 18.0. The van der Waals surface area contributed by atoms with Crippen molar-refractivity contribution in [3.05, 3.63) is 92.8 Å². The summed E-state index contributed by atoms with van der Waals surface area (Å²) >= 11 is 13.1. The topological polar surface area (TPSA) is 82.5 Å². The van der Waals surface area contributed by atoms with Crippen molar-refractivity contribution >= 4 is 69.4 Å². The largest absolute Gasteiger partial charge is 0.483 e. The van der Waals surface area contributed by atoms with Gasteiger partial charge in [-0.15, -0.1) is 0 Å². The molecule has 6 nitrogen and oxygen atoms in total. The highest BCUT2D eigenvalue weighted by molar-refractivity contribution is 8.19. The number of halogens is 2. The summed E-state index contributed by atoms with van der Waals surface area (Å²) in [4.78, 5) is 27.1. The lowest BCUT2D eigenvalue weighted by atomic mass is 10.1. The third-order valence-corrected chi connectivity index (χ3v) is 6.24. The van der Waals surface area contributed by atoms with Gasteiger partial charge in [-0.25, -0.2) is 0 Å². The average molecular weight is 512 g/mol. The number of thioether (sulfide) groups is 1. The predicted octanol–water partition coefficient (Wildman–Crippen LogP) is 6.37. The van der Waals surface area contributed by atoms with Crippen molar-refractivity contribution in [3.63, 3.8) is 0 Å². The molecule has 1 heterocycles. The van der Waals surface area contributed by atoms with Crippen molar-refractivity contribution in [1.29, 1.82) is 5.41 Å². The van der Waals surface area contributed by atoms with Gasteiger partial charge in [0.2, 0.25) is 0 Å². The second-order valence-corrected chi connectivity index (χ2v) is 9.32. The maximum absolute atomic E-state index is 13.0. The lowest BCUT2D eigenvalue weighted by molar-refractivity contribution is -0.118. The highest BCUT2D eigenvalue weighted by atomic mass is 35.5. The summed E-state index contributed by atoms with van der Waals surface area (Å²) in [5.74, 6) is -0.281. The normalized spacial score (nSPS) is 14.6. The van der Waals surface area contributed by atoms with Crippen LogP contribution < -0.4 is 15.0 Å². The van der Waals surface area contributed by atoms with Crippen LogP contribution in [-0.2, 0) is 9.59 Å². The molecule has 34 heavy (non-hydrogen) atoms. The van der Waals surface area contributed by atoms with Crippen molar-refractivity contribution in [1.82, 2.24) is 0 Å². The Balaban J connectivity index is 1.51. The monoisotopic (exact) mass is 511 g/mol. The molecule has 0 unspecified atom stereocenters. The number of hydrogen-bond donors (Lipinski definition) is 2. The van der Waals surface area contributed by atoms with Crippen molar-refractivity contribution in [2.24, 2.45) is 0 Å².